The van der Waals surface area contributed by atoms with Gasteiger partial charge in [0.1, 0.15) is 5.41 Å². The molecule has 4 heteroatoms. The standard InChI is InChI=1S/C15H28N2O2/c1-5-12(2)16-13(18)15(3,4)14(19)17-10-8-6-7-9-11-17/h12H,5-11H2,1-4H3,(H,16,18). The highest BCUT2D eigenvalue weighted by Gasteiger charge is 2.39. The normalized spacial score (nSPS) is 18.6. The second kappa shape index (κ2) is 6.92. The molecule has 4 nitrogen and oxygen atoms in total. The molecule has 1 atom stereocenters. The summed E-state index contributed by atoms with van der Waals surface area (Å²) in [6.45, 7) is 9.03. The van der Waals surface area contributed by atoms with E-state index < -0.39 is 5.41 Å². The molecule has 1 rings (SSSR count). The number of nitrogens with one attached hydrogen (secondary N) is 1. The molecule has 0 aliphatic carbocycles. The molecule has 110 valence electrons. The molecule has 1 aliphatic heterocycles. The quantitative estimate of drug-likeness (QED) is 0.796. The van der Waals surface area contributed by atoms with Crippen LogP contribution in [0, 0.1) is 5.41 Å². The van der Waals surface area contributed by atoms with E-state index in [0.29, 0.717) is 0 Å². The molecule has 1 heterocycles. The Balaban J connectivity index is 2.68. The lowest BCUT2D eigenvalue weighted by Gasteiger charge is -2.31. The van der Waals surface area contributed by atoms with Crippen LogP contribution in [0.25, 0.3) is 0 Å². The van der Waals surface area contributed by atoms with Gasteiger partial charge in [-0.1, -0.05) is 19.8 Å². The Morgan fingerprint density at radius 3 is 2.16 bits per heavy atom. The van der Waals surface area contributed by atoms with Crippen LogP contribution in [0.4, 0.5) is 0 Å². The summed E-state index contributed by atoms with van der Waals surface area (Å²) >= 11 is 0. The van der Waals surface area contributed by atoms with E-state index in [1.165, 1.54) is 12.8 Å². The average molecular weight is 268 g/mol. The van der Waals surface area contributed by atoms with Gasteiger partial charge in [0.25, 0.3) is 0 Å². The third-order valence-electron chi connectivity index (χ3n) is 3.99. The van der Waals surface area contributed by atoms with Crippen LogP contribution in [-0.2, 0) is 9.59 Å². The first-order valence-corrected chi connectivity index (χ1v) is 7.50. The highest BCUT2D eigenvalue weighted by atomic mass is 16.2. The predicted molar refractivity (Wildman–Crippen MR) is 76.7 cm³/mol. The molecule has 1 saturated heterocycles. The molecule has 1 N–H and O–H groups in total. The first-order valence-electron chi connectivity index (χ1n) is 7.50. The van der Waals surface area contributed by atoms with Crippen LogP contribution in [0.2, 0.25) is 0 Å². The maximum atomic E-state index is 12.5. The second-order valence-electron chi connectivity index (χ2n) is 6.11. The highest BCUT2D eigenvalue weighted by molar-refractivity contribution is 6.04. The smallest absolute Gasteiger partial charge is 0.237 e. The van der Waals surface area contributed by atoms with Gasteiger partial charge in [0.15, 0.2) is 0 Å². The summed E-state index contributed by atoms with van der Waals surface area (Å²) in [6, 6.07) is 0.115. The van der Waals surface area contributed by atoms with Gasteiger partial charge < -0.3 is 10.2 Å². The number of amides is 2. The van der Waals surface area contributed by atoms with E-state index in [1.54, 1.807) is 13.8 Å². The largest absolute Gasteiger partial charge is 0.353 e. The maximum absolute atomic E-state index is 12.5. The van der Waals surface area contributed by atoms with Crippen molar-refractivity contribution in [2.75, 3.05) is 13.1 Å². The van der Waals surface area contributed by atoms with E-state index in [4.69, 9.17) is 0 Å². The monoisotopic (exact) mass is 268 g/mol. The molecule has 0 aromatic rings. The zero-order valence-electron chi connectivity index (χ0n) is 12.8. The summed E-state index contributed by atoms with van der Waals surface area (Å²) in [6.07, 6.45) is 5.34. The van der Waals surface area contributed by atoms with Crippen molar-refractivity contribution < 1.29 is 9.59 Å². The Morgan fingerprint density at radius 1 is 1.16 bits per heavy atom. The number of hydrogen-bond acceptors (Lipinski definition) is 2. The summed E-state index contributed by atoms with van der Waals surface area (Å²) in [7, 11) is 0. The molecule has 0 radical (unpaired) electrons. The highest BCUT2D eigenvalue weighted by Crippen LogP contribution is 2.22. The summed E-state index contributed by atoms with van der Waals surface area (Å²) in [4.78, 5) is 26.7. The molecule has 1 aliphatic rings. The fourth-order valence-corrected chi connectivity index (χ4v) is 2.27. The molecule has 0 aromatic carbocycles. The summed E-state index contributed by atoms with van der Waals surface area (Å²) < 4.78 is 0. The van der Waals surface area contributed by atoms with Crippen LogP contribution in [0.15, 0.2) is 0 Å². The zero-order chi connectivity index (χ0) is 14.5. The van der Waals surface area contributed by atoms with Crippen molar-refractivity contribution in [3.05, 3.63) is 0 Å². The molecule has 0 saturated carbocycles. The number of rotatable bonds is 4. The van der Waals surface area contributed by atoms with Gasteiger partial charge in [0.05, 0.1) is 0 Å². The van der Waals surface area contributed by atoms with Crippen molar-refractivity contribution in [2.24, 2.45) is 5.41 Å². The zero-order valence-corrected chi connectivity index (χ0v) is 12.8. The summed E-state index contributed by atoms with van der Waals surface area (Å²) in [5.41, 5.74) is -0.965. The molecule has 19 heavy (non-hydrogen) atoms. The van der Waals surface area contributed by atoms with Crippen molar-refractivity contribution in [1.82, 2.24) is 10.2 Å². The Bertz CT molecular complexity index is 318. The molecule has 2 amide bonds. The Hall–Kier alpha value is -1.06. The lowest BCUT2D eigenvalue weighted by atomic mass is 9.89. The van der Waals surface area contributed by atoms with E-state index in [1.807, 2.05) is 18.7 Å². The van der Waals surface area contributed by atoms with Crippen molar-refractivity contribution in [1.29, 1.82) is 0 Å². The average Bonchev–Trinajstić information content (AvgIpc) is 2.66. The van der Waals surface area contributed by atoms with Gasteiger partial charge in [0.2, 0.25) is 11.8 Å². The number of hydrogen-bond donors (Lipinski definition) is 1. The van der Waals surface area contributed by atoms with E-state index in [9.17, 15) is 9.59 Å². The van der Waals surface area contributed by atoms with Crippen LogP contribution < -0.4 is 5.32 Å². The van der Waals surface area contributed by atoms with Gasteiger partial charge in [0, 0.05) is 19.1 Å². The third kappa shape index (κ3) is 4.22. The van der Waals surface area contributed by atoms with Crippen LogP contribution in [0.1, 0.15) is 59.8 Å². The van der Waals surface area contributed by atoms with Gasteiger partial charge in [-0.15, -0.1) is 0 Å². The van der Waals surface area contributed by atoms with Gasteiger partial charge in [-0.25, -0.2) is 0 Å². The fourth-order valence-electron chi connectivity index (χ4n) is 2.27. The number of nitrogens with zero attached hydrogens (tertiary/aromatic N) is 1. The molecule has 0 spiro atoms. The van der Waals surface area contributed by atoms with E-state index in [0.717, 1.165) is 32.4 Å². The van der Waals surface area contributed by atoms with Crippen LogP contribution >= 0.6 is 0 Å². The summed E-state index contributed by atoms with van der Waals surface area (Å²) in [5.74, 6) is -0.189. The molecule has 1 unspecified atom stereocenters. The van der Waals surface area contributed by atoms with Gasteiger partial charge in [-0.2, -0.15) is 0 Å². The van der Waals surface area contributed by atoms with Crippen molar-refractivity contribution in [2.45, 2.75) is 65.8 Å². The van der Waals surface area contributed by atoms with Crippen LogP contribution in [-0.4, -0.2) is 35.8 Å². The Morgan fingerprint density at radius 2 is 1.68 bits per heavy atom. The van der Waals surface area contributed by atoms with Crippen molar-refractivity contribution in [3.63, 3.8) is 0 Å². The maximum Gasteiger partial charge on any atom is 0.237 e. The first-order chi connectivity index (χ1) is 8.89. The van der Waals surface area contributed by atoms with Crippen molar-refractivity contribution >= 4 is 11.8 Å². The van der Waals surface area contributed by atoms with E-state index in [2.05, 4.69) is 5.32 Å². The minimum absolute atomic E-state index is 0.0322. The van der Waals surface area contributed by atoms with Crippen molar-refractivity contribution in [3.8, 4) is 0 Å². The molecule has 1 fully saturated rings. The van der Waals surface area contributed by atoms with Crippen LogP contribution in [0.5, 0.6) is 0 Å². The molecular formula is C15H28N2O2. The SMILES string of the molecule is CCC(C)NC(=O)C(C)(C)C(=O)N1CCCCCC1. The van der Waals surface area contributed by atoms with Gasteiger partial charge in [-0.05, 0) is 40.0 Å². The van der Waals surface area contributed by atoms with Crippen LogP contribution in [0.3, 0.4) is 0 Å². The minimum Gasteiger partial charge on any atom is -0.353 e. The molecule has 0 bridgehead atoms. The topological polar surface area (TPSA) is 49.4 Å². The lowest BCUT2D eigenvalue weighted by molar-refractivity contribution is -0.148. The lowest BCUT2D eigenvalue weighted by Crippen LogP contribution is -2.51. The number of carbonyl (C=O) groups is 2. The Kier molecular flexibility index (Phi) is 5.83. The van der Waals surface area contributed by atoms with Gasteiger partial charge >= 0.3 is 0 Å². The fraction of sp³-hybridized carbons (Fsp3) is 0.867. The first kappa shape index (κ1) is 16.0. The number of likely N-dealkylation sites (tertiary alicyclic amines) is 1. The Labute approximate surface area is 116 Å². The van der Waals surface area contributed by atoms with E-state index in [-0.39, 0.29) is 17.9 Å². The molecule has 0 aromatic heterocycles. The minimum atomic E-state index is -0.965. The summed E-state index contributed by atoms with van der Waals surface area (Å²) in [5, 5.41) is 2.92. The number of carbonyl (C=O) groups excluding carboxylic acids is 2. The second-order valence-corrected chi connectivity index (χ2v) is 6.11. The van der Waals surface area contributed by atoms with E-state index >= 15 is 0 Å². The van der Waals surface area contributed by atoms with Gasteiger partial charge in [-0.3, -0.25) is 9.59 Å². The predicted octanol–water partition coefficient (Wildman–Crippen LogP) is 2.33. The molecular weight excluding hydrogens is 240 g/mol. The third-order valence-corrected chi connectivity index (χ3v) is 3.99.